The van der Waals surface area contributed by atoms with Gasteiger partial charge in [-0.1, -0.05) is 60.7 Å². The second kappa shape index (κ2) is 8.35. The molecule has 0 bridgehead atoms. The molecular formula is C26H21FN4O2. The van der Waals surface area contributed by atoms with Crippen molar-refractivity contribution >= 4 is 11.2 Å². The van der Waals surface area contributed by atoms with Gasteiger partial charge in [-0.3, -0.25) is 9.36 Å². The zero-order valence-electron chi connectivity index (χ0n) is 18.0. The van der Waals surface area contributed by atoms with Crippen LogP contribution in [0.5, 0.6) is 0 Å². The Morgan fingerprint density at radius 3 is 2.33 bits per heavy atom. The predicted octanol–water partition coefficient (Wildman–Crippen LogP) is 3.89. The van der Waals surface area contributed by atoms with Crippen molar-refractivity contribution in [3.63, 3.8) is 0 Å². The van der Waals surface area contributed by atoms with Gasteiger partial charge in [-0.2, -0.15) is 0 Å². The molecule has 2 heterocycles. The molecule has 0 atom stereocenters. The second-order valence-electron chi connectivity index (χ2n) is 7.96. The van der Waals surface area contributed by atoms with E-state index in [-0.39, 0.29) is 30.1 Å². The van der Waals surface area contributed by atoms with Gasteiger partial charge in [-0.25, -0.2) is 18.7 Å². The Kier molecular flexibility index (Phi) is 5.22. The number of imidazole rings is 1. The minimum Gasteiger partial charge on any atom is -0.320 e. The molecule has 3 aromatic carbocycles. The molecule has 0 aliphatic heterocycles. The molecule has 0 aliphatic carbocycles. The summed E-state index contributed by atoms with van der Waals surface area (Å²) >= 11 is 0. The molecule has 0 saturated heterocycles. The van der Waals surface area contributed by atoms with Gasteiger partial charge in [-0.05, 0) is 41.8 Å². The number of benzene rings is 3. The Labute approximate surface area is 188 Å². The van der Waals surface area contributed by atoms with Crippen molar-refractivity contribution in [3.8, 4) is 5.69 Å². The van der Waals surface area contributed by atoms with E-state index in [2.05, 4.69) is 4.98 Å². The summed E-state index contributed by atoms with van der Waals surface area (Å²) in [5.41, 5.74) is 2.74. The van der Waals surface area contributed by atoms with E-state index in [4.69, 9.17) is 0 Å². The fourth-order valence-corrected chi connectivity index (χ4v) is 4.07. The third-order valence-corrected chi connectivity index (χ3v) is 5.68. The van der Waals surface area contributed by atoms with Crippen molar-refractivity contribution in [3.05, 3.63) is 129 Å². The molecule has 2 aromatic heterocycles. The fraction of sp³-hybridized carbons (Fsp3) is 0.115. The van der Waals surface area contributed by atoms with E-state index in [1.807, 2.05) is 61.5 Å². The normalized spacial score (nSPS) is 11.2. The van der Waals surface area contributed by atoms with Crippen molar-refractivity contribution in [2.45, 2.75) is 20.0 Å². The third kappa shape index (κ3) is 3.78. The molecule has 0 spiro atoms. The van der Waals surface area contributed by atoms with Gasteiger partial charge in [0, 0.05) is 6.54 Å². The van der Waals surface area contributed by atoms with Crippen LogP contribution in [-0.4, -0.2) is 18.7 Å². The van der Waals surface area contributed by atoms with Gasteiger partial charge in [0.2, 0.25) is 0 Å². The zero-order valence-corrected chi connectivity index (χ0v) is 18.0. The average Bonchev–Trinajstić information content (AvgIpc) is 3.22. The van der Waals surface area contributed by atoms with Gasteiger partial charge in [-0.15, -0.1) is 0 Å². The lowest BCUT2D eigenvalue weighted by Crippen LogP contribution is -2.40. The topological polar surface area (TPSA) is 61.8 Å². The molecule has 7 heteroatoms. The lowest BCUT2D eigenvalue weighted by atomic mass is 10.2. The number of rotatable bonds is 5. The number of fused-ring (bicyclic) bond motifs is 1. The van der Waals surface area contributed by atoms with Crippen LogP contribution >= 0.6 is 0 Å². The van der Waals surface area contributed by atoms with E-state index in [0.717, 1.165) is 11.1 Å². The Bertz CT molecular complexity index is 1580. The monoisotopic (exact) mass is 440 g/mol. The van der Waals surface area contributed by atoms with E-state index in [1.54, 1.807) is 16.7 Å². The molecular weight excluding hydrogens is 419 g/mol. The maximum Gasteiger partial charge on any atom is 0.337 e. The molecule has 0 fully saturated rings. The van der Waals surface area contributed by atoms with Gasteiger partial charge in [0.05, 0.1) is 18.6 Å². The van der Waals surface area contributed by atoms with Crippen molar-refractivity contribution in [2.24, 2.45) is 0 Å². The largest absolute Gasteiger partial charge is 0.337 e. The first-order valence-electron chi connectivity index (χ1n) is 10.6. The molecule has 0 unspecified atom stereocenters. The predicted molar refractivity (Wildman–Crippen MR) is 125 cm³/mol. The highest BCUT2D eigenvalue weighted by Crippen LogP contribution is 2.18. The Hall–Kier alpha value is -4.26. The summed E-state index contributed by atoms with van der Waals surface area (Å²) in [7, 11) is 0. The van der Waals surface area contributed by atoms with E-state index >= 15 is 0 Å². The van der Waals surface area contributed by atoms with E-state index in [0.29, 0.717) is 11.3 Å². The molecule has 0 N–H and O–H groups in total. The minimum atomic E-state index is -0.457. The molecule has 0 saturated carbocycles. The number of aromatic nitrogens is 4. The summed E-state index contributed by atoms with van der Waals surface area (Å²) in [6.45, 7) is 2.29. The van der Waals surface area contributed by atoms with Gasteiger partial charge in [0.25, 0.3) is 5.56 Å². The lowest BCUT2D eigenvalue weighted by Gasteiger charge is -2.14. The number of aryl methyl sites for hydroxylation is 1. The first kappa shape index (κ1) is 20.6. The third-order valence-electron chi connectivity index (χ3n) is 5.68. The van der Waals surface area contributed by atoms with Gasteiger partial charge in [0.15, 0.2) is 11.2 Å². The highest BCUT2D eigenvalue weighted by molar-refractivity contribution is 5.73. The van der Waals surface area contributed by atoms with E-state index in [1.165, 1.54) is 27.6 Å². The molecule has 0 aliphatic rings. The Morgan fingerprint density at radius 2 is 1.58 bits per heavy atom. The molecule has 0 radical (unpaired) electrons. The average molecular weight is 440 g/mol. The van der Waals surface area contributed by atoms with Gasteiger partial charge < -0.3 is 4.57 Å². The van der Waals surface area contributed by atoms with E-state index in [9.17, 15) is 14.0 Å². The SMILES string of the molecule is Cc1ccccc1-n1c(=O)n(Cc2ccccc2)c(=O)c2c1ncn2Cc1cccc(F)c1. The summed E-state index contributed by atoms with van der Waals surface area (Å²) in [5.74, 6) is -0.352. The summed E-state index contributed by atoms with van der Waals surface area (Å²) in [6.07, 6.45) is 1.53. The zero-order chi connectivity index (χ0) is 22.9. The van der Waals surface area contributed by atoms with Gasteiger partial charge >= 0.3 is 5.69 Å². The number of para-hydroxylation sites is 1. The van der Waals surface area contributed by atoms with Crippen LogP contribution in [0.4, 0.5) is 4.39 Å². The first-order chi connectivity index (χ1) is 16.0. The van der Waals surface area contributed by atoms with Crippen LogP contribution in [0.3, 0.4) is 0 Å². The van der Waals surface area contributed by atoms with E-state index < -0.39 is 11.2 Å². The maximum absolute atomic E-state index is 13.7. The van der Waals surface area contributed by atoms with Crippen LogP contribution in [0, 0.1) is 12.7 Å². The van der Waals surface area contributed by atoms with Crippen LogP contribution in [0.15, 0.2) is 94.8 Å². The lowest BCUT2D eigenvalue weighted by molar-refractivity contribution is 0.623. The van der Waals surface area contributed by atoms with Crippen LogP contribution in [0.2, 0.25) is 0 Å². The van der Waals surface area contributed by atoms with Crippen LogP contribution in [0.25, 0.3) is 16.9 Å². The van der Waals surface area contributed by atoms with Crippen molar-refractivity contribution < 1.29 is 4.39 Å². The molecule has 5 aromatic rings. The summed E-state index contributed by atoms with van der Waals surface area (Å²) < 4.78 is 18.1. The van der Waals surface area contributed by atoms with Crippen LogP contribution < -0.4 is 11.2 Å². The number of hydrogen-bond acceptors (Lipinski definition) is 3. The van der Waals surface area contributed by atoms with Crippen LogP contribution in [0.1, 0.15) is 16.7 Å². The summed E-state index contributed by atoms with van der Waals surface area (Å²) in [5, 5.41) is 0. The van der Waals surface area contributed by atoms with Crippen molar-refractivity contribution in [2.75, 3.05) is 0 Å². The highest BCUT2D eigenvalue weighted by atomic mass is 19.1. The molecule has 33 heavy (non-hydrogen) atoms. The van der Waals surface area contributed by atoms with Crippen LogP contribution in [-0.2, 0) is 13.1 Å². The number of halogens is 1. The smallest absolute Gasteiger partial charge is 0.320 e. The molecule has 6 nitrogen and oxygen atoms in total. The van der Waals surface area contributed by atoms with Crippen molar-refractivity contribution in [1.82, 2.24) is 18.7 Å². The molecule has 164 valence electrons. The molecule has 5 rings (SSSR count). The van der Waals surface area contributed by atoms with Gasteiger partial charge in [0.1, 0.15) is 5.82 Å². The highest BCUT2D eigenvalue weighted by Gasteiger charge is 2.20. The van der Waals surface area contributed by atoms with Crippen molar-refractivity contribution in [1.29, 1.82) is 0 Å². The fourth-order valence-electron chi connectivity index (χ4n) is 4.07. The molecule has 0 amide bonds. The summed E-state index contributed by atoms with van der Waals surface area (Å²) in [4.78, 5) is 31.6. The maximum atomic E-state index is 13.7. The quantitative estimate of drug-likeness (QED) is 0.417. The number of hydrogen-bond donors (Lipinski definition) is 0. The summed E-state index contributed by atoms with van der Waals surface area (Å²) in [6, 6.07) is 23.1. The first-order valence-corrected chi connectivity index (χ1v) is 10.6. The number of nitrogens with zero attached hydrogens (tertiary/aromatic N) is 4. The standard InChI is InChI=1S/C26H21FN4O2/c1-18-8-5-6-13-22(18)31-24-23(29(17-28-24)15-20-11-7-12-21(27)14-20)25(32)30(26(31)33)16-19-9-3-2-4-10-19/h2-14,17H,15-16H2,1H3. The second-order valence-corrected chi connectivity index (χ2v) is 7.96. The Morgan fingerprint density at radius 1 is 0.848 bits per heavy atom. The minimum absolute atomic E-state index is 0.130. The Balaban J connectivity index is 1.78.